The van der Waals surface area contributed by atoms with Gasteiger partial charge in [0.2, 0.25) is 0 Å². The van der Waals surface area contributed by atoms with Gasteiger partial charge in [0.05, 0.1) is 0 Å². The summed E-state index contributed by atoms with van der Waals surface area (Å²) in [6.07, 6.45) is 0. The van der Waals surface area contributed by atoms with Crippen molar-refractivity contribution in [2.24, 2.45) is 16.0 Å². The minimum atomic E-state index is -0.951. The van der Waals surface area contributed by atoms with Crippen molar-refractivity contribution in [3.8, 4) is 11.5 Å². The van der Waals surface area contributed by atoms with Crippen molar-refractivity contribution in [1.29, 1.82) is 0 Å². The van der Waals surface area contributed by atoms with E-state index in [4.69, 9.17) is 10.2 Å². The molecule has 0 saturated heterocycles. The number of nitrogens with two attached hydrogens (primary N) is 1. The summed E-state index contributed by atoms with van der Waals surface area (Å²) in [6, 6.07) is 2.73. The zero-order valence-electron chi connectivity index (χ0n) is 6.51. The highest BCUT2D eigenvalue weighted by Gasteiger charge is 2.00. The lowest BCUT2D eigenvalue weighted by molar-refractivity contribution is 0.255. The summed E-state index contributed by atoms with van der Waals surface area (Å²) < 4.78 is 0. The number of phenols is 2. The third-order valence-electron chi connectivity index (χ3n) is 1.22. The van der Waals surface area contributed by atoms with Crippen LogP contribution in [0.4, 0.5) is 10.5 Å². The summed E-state index contributed by atoms with van der Waals surface area (Å²) in [5.74, 6) is -0.375. The molecule has 6 nitrogen and oxygen atoms in total. The van der Waals surface area contributed by atoms with E-state index in [0.29, 0.717) is 0 Å². The molecule has 0 aliphatic heterocycles. The maximum Gasteiger partial charge on any atom is 0.356 e. The average molecular weight is 181 g/mol. The van der Waals surface area contributed by atoms with Gasteiger partial charge >= 0.3 is 6.03 Å². The Balaban J connectivity index is 2.96. The largest absolute Gasteiger partial charge is 0.508 e. The molecule has 2 amide bonds. The van der Waals surface area contributed by atoms with Crippen molar-refractivity contribution in [2.75, 3.05) is 0 Å². The number of aromatic hydroxyl groups is 2. The zero-order chi connectivity index (χ0) is 9.84. The number of nitrogens with zero attached hydrogens (tertiary/aromatic N) is 2. The van der Waals surface area contributed by atoms with E-state index in [1.165, 1.54) is 12.1 Å². The molecular formula is C7H7N3O3. The van der Waals surface area contributed by atoms with Gasteiger partial charge in [-0.3, -0.25) is 0 Å². The van der Waals surface area contributed by atoms with Crippen LogP contribution in [0.1, 0.15) is 0 Å². The SMILES string of the molecule is NC(=O)/N=N/c1ccc(O)cc1O. The number of rotatable bonds is 1. The molecular weight excluding hydrogens is 174 g/mol. The smallest absolute Gasteiger partial charge is 0.356 e. The normalized spacial score (nSPS) is 10.5. The third kappa shape index (κ3) is 2.44. The highest BCUT2D eigenvalue weighted by molar-refractivity contribution is 5.72. The molecule has 0 atom stereocenters. The van der Waals surface area contributed by atoms with Gasteiger partial charge in [-0.15, -0.1) is 5.11 Å². The Morgan fingerprint density at radius 3 is 2.62 bits per heavy atom. The van der Waals surface area contributed by atoms with Crippen LogP contribution in [0.5, 0.6) is 11.5 Å². The molecule has 0 heterocycles. The van der Waals surface area contributed by atoms with E-state index in [9.17, 15) is 4.79 Å². The van der Waals surface area contributed by atoms with E-state index in [2.05, 4.69) is 16.0 Å². The van der Waals surface area contributed by atoms with Crippen molar-refractivity contribution in [1.82, 2.24) is 0 Å². The average Bonchev–Trinajstić information content (AvgIpc) is 2.02. The first kappa shape index (κ1) is 8.98. The van der Waals surface area contributed by atoms with E-state index < -0.39 is 6.03 Å². The molecule has 0 spiro atoms. The number of hydrogen-bond acceptors (Lipinski definition) is 4. The molecule has 0 unspecified atom stereocenters. The van der Waals surface area contributed by atoms with Crippen molar-refractivity contribution >= 4 is 11.7 Å². The fraction of sp³-hybridized carbons (Fsp3) is 0. The van der Waals surface area contributed by atoms with E-state index >= 15 is 0 Å². The number of primary amides is 1. The van der Waals surface area contributed by atoms with Gasteiger partial charge in [-0.2, -0.15) is 0 Å². The Morgan fingerprint density at radius 1 is 1.38 bits per heavy atom. The first-order valence-corrected chi connectivity index (χ1v) is 3.33. The first-order valence-electron chi connectivity index (χ1n) is 3.33. The summed E-state index contributed by atoms with van der Waals surface area (Å²) in [5, 5.41) is 24.4. The fourth-order valence-electron chi connectivity index (χ4n) is 0.700. The number of urea groups is 1. The topological polar surface area (TPSA) is 108 Å². The number of azo groups is 1. The summed E-state index contributed by atoms with van der Waals surface area (Å²) >= 11 is 0. The maximum atomic E-state index is 10.2. The Bertz CT molecular complexity index is 362. The van der Waals surface area contributed by atoms with Crippen LogP contribution < -0.4 is 5.73 Å². The minimum absolute atomic E-state index is 0.0663. The van der Waals surface area contributed by atoms with E-state index in [0.717, 1.165) is 6.07 Å². The number of benzene rings is 1. The van der Waals surface area contributed by atoms with Crippen molar-refractivity contribution < 1.29 is 15.0 Å². The van der Waals surface area contributed by atoms with Gasteiger partial charge in [-0.05, 0) is 12.1 Å². The van der Waals surface area contributed by atoms with Gasteiger partial charge in [-0.1, -0.05) is 5.11 Å². The van der Waals surface area contributed by atoms with Crippen molar-refractivity contribution in [3.05, 3.63) is 18.2 Å². The molecule has 1 aromatic carbocycles. The second-order valence-electron chi connectivity index (χ2n) is 2.21. The lowest BCUT2D eigenvalue weighted by atomic mass is 10.3. The minimum Gasteiger partial charge on any atom is -0.508 e. The van der Waals surface area contributed by atoms with Crippen LogP contribution in [-0.4, -0.2) is 16.2 Å². The summed E-state index contributed by atoms with van der Waals surface area (Å²) in [4.78, 5) is 10.2. The predicted molar refractivity (Wildman–Crippen MR) is 43.9 cm³/mol. The highest BCUT2D eigenvalue weighted by atomic mass is 16.3. The number of amides is 2. The van der Waals surface area contributed by atoms with Gasteiger partial charge in [-0.25, -0.2) is 4.79 Å². The lowest BCUT2D eigenvalue weighted by Crippen LogP contribution is -2.01. The molecule has 1 aromatic rings. The quantitative estimate of drug-likeness (QED) is 0.567. The molecule has 0 radical (unpaired) electrons. The van der Waals surface area contributed by atoms with Gasteiger partial charge in [0, 0.05) is 6.07 Å². The summed E-state index contributed by atoms with van der Waals surface area (Å²) in [5.41, 5.74) is 4.76. The maximum absolute atomic E-state index is 10.2. The Kier molecular flexibility index (Phi) is 2.44. The molecule has 6 heteroatoms. The summed E-state index contributed by atoms with van der Waals surface area (Å²) in [7, 11) is 0. The Morgan fingerprint density at radius 2 is 2.08 bits per heavy atom. The van der Waals surface area contributed by atoms with Crippen LogP contribution in [0.25, 0.3) is 0 Å². The van der Waals surface area contributed by atoms with Crippen LogP contribution in [0.15, 0.2) is 28.4 Å². The fourth-order valence-corrected chi connectivity index (χ4v) is 0.700. The molecule has 1 rings (SSSR count). The first-order chi connectivity index (χ1) is 6.09. The predicted octanol–water partition coefficient (Wildman–Crippen LogP) is 1.26. The molecule has 0 aromatic heterocycles. The van der Waals surface area contributed by atoms with Gasteiger partial charge in [0.25, 0.3) is 0 Å². The molecule has 0 aliphatic carbocycles. The monoisotopic (exact) mass is 181 g/mol. The molecule has 0 saturated carbocycles. The number of carbonyl (C=O) groups is 1. The van der Waals surface area contributed by atoms with E-state index in [-0.39, 0.29) is 17.2 Å². The van der Waals surface area contributed by atoms with Crippen LogP contribution in [-0.2, 0) is 0 Å². The van der Waals surface area contributed by atoms with Gasteiger partial charge in [0.1, 0.15) is 17.2 Å². The Labute approximate surface area is 73.3 Å². The van der Waals surface area contributed by atoms with Crippen molar-refractivity contribution in [3.63, 3.8) is 0 Å². The molecule has 68 valence electrons. The van der Waals surface area contributed by atoms with E-state index in [1.807, 2.05) is 0 Å². The molecule has 0 aliphatic rings. The highest BCUT2D eigenvalue weighted by Crippen LogP contribution is 2.29. The molecule has 13 heavy (non-hydrogen) atoms. The van der Waals surface area contributed by atoms with Crippen LogP contribution in [0.3, 0.4) is 0 Å². The van der Waals surface area contributed by atoms with Gasteiger partial charge in [0.15, 0.2) is 0 Å². The van der Waals surface area contributed by atoms with Crippen LogP contribution in [0.2, 0.25) is 0 Å². The van der Waals surface area contributed by atoms with Crippen LogP contribution in [0, 0.1) is 0 Å². The standard InChI is InChI=1S/C7H7N3O3/c8-7(13)10-9-5-2-1-4(11)3-6(5)12/h1-3,11-12H,(H2,8,13)/b10-9+. The second-order valence-corrected chi connectivity index (χ2v) is 2.21. The third-order valence-corrected chi connectivity index (χ3v) is 1.22. The number of hydrogen-bond donors (Lipinski definition) is 3. The van der Waals surface area contributed by atoms with Gasteiger partial charge < -0.3 is 15.9 Å². The molecule has 0 fully saturated rings. The van der Waals surface area contributed by atoms with Crippen molar-refractivity contribution in [2.45, 2.75) is 0 Å². The van der Waals surface area contributed by atoms with E-state index in [1.54, 1.807) is 0 Å². The second kappa shape index (κ2) is 3.53. The molecule has 0 bridgehead atoms. The zero-order valence-corrected chi connectivity index (χ0v) is 6.51. The number of carbonyl (C=O) groups excluding carboxylic acids is 1. The number of phenolic OH excluding ortho intramolecular Hbond substituents is 2. The summed E-state index contributed by atoms with van der Waals surface area (Å²) in [6.45, 7) is 0. The van der Waals surface area contributed by atoms with Crippen LogP contribution >= 0.6 is 0 Å². The molecule has 4 N–H and O–H groups in total. The Hall–Kier alpha value is -2.11. The lowest BCUT2D eigenvalue weighted by Gasteiger charge is -1.96.